The highest BCUT2D eigenvalue weighted by molar-refractivity contribution is 5.82. The second-order valence-electron chi connectivity index (χ2n) is 5.90. The summed E-state index contributed by atoms with van der Waals surface area (Å²) in [5.41, 5.74) is -0.206. The van der Waals surface area contributed by atoms with E-state index in [0.29, 0.717) is 11.5 Å². The van der Waals surface area contributed by atoms with Crippen LogP contribution in [0.1, 0.15) is 6.92 Å². The van der Waals surface area contributed by atoms with Gasteiger partial charge in [0, 0.05) is 18.8 Å². The van der Waals surface area contributed by atoms with Crippen LogP contribution in [0.15, 0.2) is 53.5 Å². The minimum Gasteiger partial charge on any atom is -0.482 e. The van der Waals surface area contributed by atoms with Crippen LogP contribution < -0.4 is 20.3 Å². The molecule has 7 nitrogen and oxygen atoms in total. The Morgan fingerprint density at radius 1 is 1.20 bits per heavy atom. The maximum atomic E-state index is 12.3. The molecule has 2 aromatic rings. The number of amides is 1. The first-order chi connectivity index (χ1) is 12.0. The Labute approximate surface area is 144 Å². The molecule has 0 fully saturated rings. The van der Waals surface area contributed by atoms with Crippen molar-refractivity contribution in [3.8, 4) is 11.5 Å². The molecule has 0 radical (unpaired) electrons. The SMILES string of the molecule is C[C@@H]1Oc2ccccc2O[C@H]1C(=O)NC[C@H](O)Cn1ccccc1=O. The van der Waals surface area contributed by atoms with E-state index >= 15 is 0 Å². The lowest BCUT2D eigenvalue weighted by molar-refractivity contribution is -0.133. The van der Waals surface area contributed by atoms with E-state index in [0.717, 1.165) is 0 Å². The van der Waals surface area contributed by atoms with Gasteiger partial charge in [-0.25, -0.2) is 0 Å². The molecule has 0 saturated carbocycles. The summed E-state index contributed by atoms with van der Waals surface area (Å²) in [5, 5.41) is 12.7. The standard InChI is InChI=1S/C18H20N2O5/c1-12-17(25-15-7-3-2-6-14(15)24-12)18(23)19-10-13(21)11-20-9-5-4-8-16(20)22/h2-9,12-13,17,21H,10-11H2,1H3,(H,19,23)/t12-,13-,17+/m0/s1. The van der Waals surface area contributed by atoms with Gasteiger partial charge in [0.1, 0.15) is 6.10 Å². The summed E-state index contributed by atoms with van der Waals surface area (Å²) in [4.78, 5) is 24.0. The summed E-state index contributed by atoms with van der Waals surface area (Å²) in [6.45, 7) is 1.86. The number of carbonyl (C=O) groups is 1. The van der Waals surface area contributed by atoms with Gasteiger partial charge in [-0.2, -0.15) is 0 Å². The Morgan fingerprint density at radius 2 is 1.88 bits per heavy atom. The molecule has 0 unspecified atom stereocenters. The molecule has 132 valence electrons. The van der Waals surface area contributed by atoms with E-state index in [-0.39, 0.29) is 24.6 Å². The van der Waals surface area contributed by atoms with Crippen LogP contribution in [-0.2, 0) is 11.3 Å². The average molecular weight is 344 g/mol. The maximum Gasteiger partial charge on any atom is 0.265 e. The largest absolute Gasteiger partial charge is 0.482 e. The molecule has 3 rings (SSSR count). The Hall–Kier alpha value is -2.80. The van der Waals surface area contributed by atoms with Gasteiger partial charge in [-0.1, -0.05) is 18.2 Å². The first kappa shape index (κ1) is 17.0. The summed E-state index contributed by atoms with van der Waals surface area (Å²) < 4.78 is 12.8. The number of rotatable bonds is 5. The number of fused-ring (bicyclic) bond motifs is 1. The van der Waals surface area contributed by atoms with Gasteiger partial charge in [-0.05, 0) is 25.1 Å². The number of carbonyl (C=O) groups excluding carboxylic acids is 1. The third-order valence-electron chi connectivity index (χ3n) is 3.92. The summed E-state index contributed by atoms with van der Waals surface area (Å²) in [6, 6.07) is 11.9. The monoisotopic (exact) mass is 344 g/mol. The molecule has 3 atom stereocenters. The number of benzene rings is 1. The van der Waals surface area contributed by atoms with E-state index in [9.17, 15) is 14.7 Å². The van der Waals surface area contributed by atoms with Gasteiger partial charge in [0.25, 0.3) is 11.5 Å². The van der Waals surface area contributed by atoms with Crippen molar-refractivity contribution in [2.24, 2.45) is 0 Å². The fourth-order valence-corrected chi connectivity index (χ4v) is 2.63. The van der Waals surface area contributed by atoms with Crippen molar-refractivity contribution in [1.82, 2.24) is 9.88 Å². The molecular weight excluding hydrogens is 324 g/mol. The van der Waals surface area contributed by atoms with Crippen LogP contribution in [0.25, 0.3) is 0 Å². The van der Waals surface area contributed by atoms with Crippen molar-refractivity contribution >= 4 is 5.91 Å². The average Bonchev–Trinajstić information content (AvgIpc) is 2.61. The number of hydrogen-bond acceptors (Lipinski definition) is 5. The summed E-state index contributed by atoms with van der Waals surface area (Å²) in [5.74, 6) is 0.737. The van der Waals surface area contributed by atoms with E-state index in [1.165, 1.54) is 10.6 Å². The predicted molar refractivity (Wildman–Crippen MR) is 90.7 cm³/mol. The van der Waals surface area contributed by atoms with Crippen molar-refractivity contribution in [3.63, 3.8) is 0 Å². The quantitative estimate of drug-likeness (QED) is 0.827. The molecule has 1 aliphatic heterocycles. The number of aliphatic hydroxyl groups is 1. The number of nitrogens with one attached hydrogen (secondary N) is 1. The normalized spacial score (nSPS) is 19.9. The number of para-hydroxylation sites is 2. The lowest BCUT2D eigenvalue weighted by atomic mass is 10.1. The van der Waals surface area contributed by atoms with Gasteiger partial charge >= 0.3 is 0 Å². The number of pyridine rings is 1. The predicted octanol–water partition coefficient (Wildman–Crippen LogP) is 0.554. The molecule has 7 heteroatoms. The van der Waals surface area contributed by atoms with Gasteiger partial charge < -0.3 is 24.5 Å². The highest BCUT2D eigenvalue weighted by Crippen LogP contribution is 2.33. The van der Waals surface area contributed by atoms with Crippen LogP contribution in [0, 0.1) is 0 Å². The van der Waals surface area contributed by atoms with Gasteiger partial charge in [0.2, 0.25) is 6.10 Å². The molecular formula is C18H20N2O5. The highest BCUT2D eigenvalue weighted by Gasteiger charge is 2.34. The van der Waals surface area contributed by atoms with Crippen LogP contribution in [0.5, 0.6) is 11.5 Å². The van der Waals surface area contributed by atoms with E-state index in [1.807, 2.05) is 6.07 Å². The molecule has 1 amide bonds. The number of nitrogens with zero attached hydrogens (tertiary/aromatic N) is 1. The van der Waals surface area contributed by atoms with Gasteiger partial charge in [-0.15, -0.1) is 0 Å². The van der Waals surface area contributed by atoms with Crippen molar-refractivity contribution < 1.29 is 19.4 Å². The summed E-state index contributed by atoms with van der Waals surface area (Å²) in [7, 11) is 0. The second-order valence-corrected chi connectivity index (χ2v) is 5.90. The molecule has 1 aliphatic rings. The van der Waals surface area contributed by atoms with Crippen molar-refractivity contribution in [1.29, 1.82) is 0 Å². The third kappa shape index (κ3) is 4.00. The third-order valence-corrected chi connectivity index (χ3v) is 3.92. The molecule has 0 saturated heterocycles. The topological polar surface area (TPSA) is 89.8 Å². The lowest BCUT2D eigenvalue weighted by Gasteiger charge is -2.31. The van der Waals surface area contributed by atoms with Gasteiger partial charge in [0.05, 0.1) is 12.6 Å². The molecule has 1 aromatic heterocycles. The molecule has 2 heterocycles. The molecule has 0 spiro atoms. The van der Waals surface area contributed by atoms with Crippen molar-refractivity contribution in [3.05, 3.63) is 59.0 Å². The summed E-state index contributed by atoms with van der Waals surface area (Å²) in [6.07, 6.45) is -0.564. The number of ether oxygens (including phenoxy) is 2. The molecule has 0 aliphatic carbocycles. The lowest BCUT2D eigenvalue weighted by Crippen LogP contribution is -2.50. The minimum atomic E-state index is -0.892. The number of aromatic nitrogens is 1. The molecule has 25 heavy (non-hydrogen) atoms. The highest BCUT2D eigenvalue weighted by atomic mass is 16.6. The molecule has 2 N–H and O–H groups in total. The van der Waals surface area contributed by atoms with Crippen molar-refractivity contribution in [2.75, 3.05) is 6.54 Å². The Balaban J connectivity index is 1.56. The van der Waals surface area contributed by atoms with Crippen molar-refractivity contribution in [2.45, 2.75) is 31.8 Å². The van der Waals surface area contributed by atoms with Crippen LogP contribution >= 0.6 is 0 Å². The zero-order valence-electron chi connectivity index (χ0n) is 13.8. The van der Waals surface area contributed by atoms with E-state index in [4.69, 9.17) is 9.47 Å². The zero-order chi connectivity index (χ0) is 17.8. The summed E-state index contributed by atoms with van der Waals surface area (Å²) >= 11 is 0. The minimum absolute atomic E-state index is 0.00833. The first-order valence-electron chi connectivity index (χ1n) is 8.08. The fourth-order valence-electron chi connectivity index (χ4n) is 2.63. The molecule has 0 bridgehead atoms. The van der Waals surface area contributed by atoms with E-state index in [1.54, 1.807) is 43.5 Å². The number of hydrogen-bond donors (Lipinski definition) is 2. The fraction of sp³-hybridized carbons (Fsp3) is 0.333. The van der Waals surface area contributed by atoms with Crippen LogP contribution in [0.2, 0.25) is 0 Å². The van der Waals surface area contributed by atoms with Crippen LogP contribution in [0.4, 0.5) is 0 Å². The van der Waals surface area contributed by atoms with Gasteiger partial charge in [0.15, 0.2) is 11.5 Å². The Morgan fingerprint density at radius 3 is 2.60 bits per heavy atom. The zero-order valence-corrected chi connectivity index (χ0v) is 13.8. The second kappa shape index (κ2) is 7.40. The van der Waals surface area contributed by atoms with E-state index in [2.05, 4.69) is 5.32 Å². The Bertz CT molecular complexity index is 804. The Kier molecular flexibility index (Phi) is 5.04. The van der Waals surface area contributed by atoms with Crippen LogP contribution in [-0.4, -0.2) is 40.4 Å². The van der Waals surface area contributed by atoms with Crippen LogP contribution in [0.3, 0.4) is 0 Å². The smallest absolute Gasteiger partial charge is 0.265 e. The first-order valence-corrected chi connectivity index (χ1v) is 8.08. The molecule has 1 aromatic carbocycles. The van der Waals surface area contributed by atoms with Gasteiger partial charge in [-0.3, -0.25) is 9.59 Å². The maximum absolute atomic E-state index is 12.3. The van der Waals surface area contributed by atoms with E-state index < -0.39 is 18.3 Å². The number of aliphatic hydroxyl groups excluding tert-OH is 1.